The molecule has 5 nitrogen and oxygen atoms in total. The maximum Gasteiger partial charge on any atom is 0.229 e. The maximum absolute atomic E-state index is 12.4. The Labute approximate surface area is 128 Å². The van der Waals surface area contributed by atoms with Crippen LogP contribution in [0.25, 0.3) is 11.0 Å². The normalized spacial score (nSPS) is 22.4. The van der Waals surface area contributed by atoms with E-state index in [0.29, 0.717) is 17.0 Å². The fourth-order valence-electron chi connectivity index (χ4n) is 2.87. The third-order valence-corrected chi connectivity index (χ3v) is 4.31. The number of hydrogen-bond acceptors (Lipinski definition) is 3. The standard InChI is InChI=1S/C15H19ClN4O/c1-9-7-10(5-6-17-9)14(21)19-15-18-12-8-11(16)3-4-13(12)20(15)2/h3-4,8-10,17H,5-7H2,1-2H3,(H,18,19,21)/t9-,10-/m0/s1. The number of piperidine rings is 1. The number of carbonyl (C=O) groups excluding carboxylic acids is 1. The number of nitrogens with zero attached hydrogens (tertiary/aromatic N) is 2. The molecule has 2 heterocycles. The van der Waals surface area contributed by atoms with Crippen LogP contribution in [0.4, 0.5) is 5.95 Å². The van der Waals surface area contributed by atoms with E-state index in [-0.39, 0.29) is 11.8 Å². The van der Waals surface area contributed by atoms with Gasteiger partial charge in [-0.25, -0.2) is 4.98 Å². The minimum Gasteiger partial charge on any atom is -0.314 e. The minimum atomic E-state index is 0.0460. The molecule has 1 aliphatic rings. The van der Waals surface area contributed by atoms with E-state index in [1.807, 2.05) is 23.7 Å². The quantitative estimate of drug-likeness (QED) is 0.896. The van der Waals surface area contributed by atoms with Crippen LogP contribution in [0.1, 0.15) is 19.8 Å². The van der Waals surface area contributed by atoms with Gasteiger partial charge in [0, 0.05) is 24.0 Å². The fraction of sp³-hybridized carbons (Fsp3) is 0.467. The molecule has 2 aromatic rings. The minimum absolute atomic E-state index is 0.0460. The zero-order valence-corrected chi connectivity index (χ0v) is 12.9. The smallest absolute Gasteiger partial charge is 0.229 e. The average Bonchev–Trinajstić information content (AvgIpc) is 2.74. The van der Waals surface area contributed by atoms with Crippen molar-refractivity contribution < 1.29 is 4.79 Å². The summed E-state index contributed by atoms with van der Waals surface area (Å²) in [6.07, 6.45) is 1.73. The molecule has 1 aliphatic heterocycles. The van der Waals surface area contributed by atoms with E-state index >= 15 is 0 Å². The summed E-state index contributed by atoms with van der Waals surface area (Å²) in [7, 11) is 1.89. The van der Waals surface area contributed by atoms with Crippen LogP contribution in [0.2, 0.25) is 5.02 Å². The summed E-state index contributed by atoms with van der Waals surface area (Å²) in [6, 6.07) is 5.92. The van der Waals surface area contributed by atoms with Crippen molar-refractivity contribution in [2.75, 3.05) is 11.9 Å². The number of aromatic nitrogens is 2. The highest BCUT2D eigenvalue weighted by Crippen LogP contribution is 2.23. The second kappa shape index (κ2) is 5.66. The number of rotatable bonds is 2. The highest BCUT2D eigenvalue weighted by molar-refractivity contribution is 6.31. The molecule has 0 bridgehead atoms. The SMILES string of the molecule is C[C@H]1C[C@@H](C(=O)Nc2nc3cc(Cl)ccc3n2C)CCN1. The van der Waals surface area contributed by atoms with Crippen LogP contribution in [0.3, 0.4) is 0 Å². The van der Waals surface area contributed by atoms with Gasteiger partial charge < -0.3 is 9.88 Å². The number of benzene rings is 1. The Morgan fingerprint density at radius 3 is 3.10 bits per heavy atom. The van der Waals surface area contributed by atoms with Crippen molar-refractivity contribution in [3.8, 4) is 0 Å². The van der Waals surface area contributed by atoms with Crippen LogP contribution in [0, 0.1) is 5.92 Å². The molecule has 2 N–H and O–H groups in total. The number of imidazole rings is 1. The second-order valence-corrected chi connectivity index (χ2v) is 6.13. The Hall–Kier alpha value is -1.59. The number of anilines is 1. The van der Waals surface area contributed by atoms with Crippen LogP contribution in [0.15, 0.2) is 18.2 Å². The van der Waals surface area contributed by atoms with Crippen molar-refractivity contribution in [3.05, 3.63) is 23.2 Å². The highest BCUT2D eigenvalue weighted by Gasteiger charge is 2.25. The van der Waals surface area contributed by atoms with Gasteiger partial charge in [-0.1, -0.05) is 11.6 Å². The zero-order chi connectivity index (χ0) is 15.0. The van der Waals surface area contributed by atoms with Crippen molar-refractivity contribution in [2.45, 2.75) is 25.8 Å². The number of aryl methyl sites for hydroxylation is 1. The van der Waals surface area contributed by atoms with Gasteiger partial charge in [0.25, 0.3) is 0 Å². The van der Waals surface area contributed by atoms with Crippen LogP contribution >= 0.6 is 11.6 Å². The predicted octanol–water partition coefficient (Wildman–Crippen LogP) is 2.55. The van der Waals surface area contributed by atoms with E-state index in [4.69, 9.17) is 11.6 Å². The van der Waals surface area contributed by atoms with Gasteiger partial charge in [0.05, 0.1) is 11.0 Å². The lowest BCUT2D eigenvalue weighted by molar-refractivity contribution is -0.120. The van der Waals surface area contributed by atoms with Crippen LogP contribution < -0.4 is 10.6 Å². The Kier molecular flexibility index (Phi) is 3.87. The third-order valence-electron chi connectivity index (χ3n) is 4.07. The lowest BCUT2D eigenvalue weighted by Gasteiger charge is -2.26. The topological polar surface area (TPSA) is 59.0 Å². The van der Waals surface area contributed by atoms with Gasteiger partial charge in [0.1, 0.15) is 0 Å². The largest absolute Gasteiger partial charge is 0.314 e. The predicted molar refractivity (Wildman–Crippen MR) is 84.5 cm³/mol. The first-order valence-corrected chi connectivity index (χ1v) is 7.58. The van der Waals surface area contributed by atoms with Gasteiger partial charge >= 0.3 is 0 Å². The van der Waals surface area contributed by atoms with Gasteiger partial charge in [0.2, 0.25) is 11.9 Å². The molecule has 112 valence electrons. The highest BCUT2D eigenvalue weighted by atomic mass is 35.5. The molecule has 1 fully saturated rings. The van der Waals surface area contributed by atoms with Crippen molar-refractivity contribution in [3.63, 3.8) is 0 Å². The van der Waals surface area contributed by atoms with Gasteiger partial charge in [-0.15, -0.1) is 0 Å². The van der Waals surface area contributed by atoms with E-state index in [2.05, 4.69) is 22.5 Å². The van der Waals surface area contributed by atoms with Gasteiger partial charge in [-0.05, 0) is 44.5 Å². The first-order chi connectivity index (χ1) is 10.0. The summed E-state index contributed by atoms with van der Waals surface area (Å²) < 4.78 is 1.88. The number of hydrogen-bond donors (Lipinski definition) is 2. The van der Waals surface area contributed by atoms with E-state index in [1.54, 1.807) is 6.07 Å². The third kappa shape index (κ3) is 2.89. The molecular weight excluding hydrogens is 288 g/mol. The molecule has 6 heteroatoms. The van der Waals surface area contributed by atoms with E-state index in [1.165, 1.54) is 0 Å². The maximum atomic E-state index is 12.4. The summed E-state index contributed by atoms with van der Waals surface area (Å²) >= 11 is 5.98. The number of carbonyl (C=O) groups is 1. The molecule has 21 heavy (non-hydrogen) atoms. The Morgan fingerprint density at radius 2 is 2.33 bits per heavy atom. The van der Waals surface area contributed by atoms with Crippen molar-refractivity contribution in [1.82, 2.24) is 14.9 Å². The molecule has 2 atom stereocenters. The van der Waals surface area contributed by atoms with Gasteiger partial charge in [-0.3, -0.25) is 10.1 Å². The summed E-state index contributed by atoms with van der Waals surface area (Å²) in [5, 5.41) is 6.95. The summed E-state index contributed by atoms with van der Waals surface area (Å²) in [5.74, 6) is 0.668. The molecule has 1 amide bonds. The number of halogens is 1. The van der Waals surface area contributed by atoms with Crippen LogP contribution in [-0.2, 0) is 11.8 Å². The molecule has 0 radical (unpaired) electrons. The lowest BCUT2D eigenvalue weighted by atomic mass is 9.92. The average molecular weight is 307 g/mol. The van der Waals surface area contributed by atoms with Crippen molar-refractivity contribution in [2.24, 2.45) is 13.0 Å². The molecule has 0 aliphatic carbocycles. The van der Waals surface area contributed by atoms with Gasteiger partial charge in [0.15, 0.2) is 0 Å². The summed E-state index contributed by atoms with van der Waals surface area (Å²) in [6.45, 7) is 2.99. The molecule has 0 unspecified atom stereocenters. The lowest BCUT2D eigenvalue weighted by Crippen LogP contribution is -2.40. The summed E-state index contributed by atoms with van der Waals surface area (Å²) in [4.78, 5) is 16.8. The van der Waals surface area contributed by atoms with E-state index < -0.39 is 0 Å². The first kappa shape index (κ1) is 14.4. The molecule has 0 saturated carbocycles. The molecule has 1 saturated heterocycles. The monoisotopic (exact) mass is 306 g/mol. The van der Waals surface area contributed by atoms with Crippen molar-refractivity contribution >= 4 is 34.5 Å². The number of fused-ring (bicyclic) bond motifs is 1. The van der Waals surface area contributed by atoms with E-state index in [0.717, 1.165) is 30.4 Å². The van der Waals surface area contributed by atoms with E-state index in [9.17, 15) is 4.79 Å². The fourth-order valence-corrected chi connectivity index (χ4v) is 3.03. The second-order valence-electron chi connectivity index (χ2n) is 5.69. The molecule has 1 aromatic heterocycles. The number of nitrogens with one attached hydrogen (secondary N) is 2. The molecule has 0 spiro atoms. The molecule has 3 rings (SSSR count). The van der Waals surface area contributed by atoms with Crippen LogP contribution in [-0.4, -0.2) is 28.0 Å². The zero-order valence-electron chi connectivity index (χ0n) is 12.2. The summed E-state index contributed by atoms with van der Waals surface area (Å²) in [5.41, 5.74) is 1.74. The van der Waals surface area contributed by atoms with Crippen LogP contribution in [0.5, 0.6) is 0 Å². The molecule has 1 aromatic carbocycles. The number of amides is 1. The Balaban J connectivity index is 1.81. The van der Waals surface area contributed by atoms with Gasteiger partial charge in [-0.2, -0.15) is 0 Å². The van der Waals surface area contributed by atoms with Crippen molar-refractivity contribution in [1.29, 1.82) is 0 Å². The Bertz CT molecular complexity index is 682. The molecular formula is C15H19ClN4O. The Morgan fingerprint density at radius 1 is 1.52 bits per heavy atom. The first-order valence-electron chi connectivity index (χ1n) is 7.21.